The lowest BCUT2D eigenvalue weighted by Gasteiger charge is -2.34. The second-order valence-electron chi connectivity index (χ2n) is 10.1. The second-order valence-corrected chi connectivity index (χ2v) is 10.1. The first-order chi connectivity index (χ1) is 17.1. The Labute approximate surface area is 232 Å². The Bertz CT molecular complexity index is 1040. The van der Waals surface area contributed by atoms with Gasteiger partial charge in [0.05, 0.1) is 7.11 Å². The number of fused-ring (bicyclic) bond motifs is 2. The lowest BCUT2D eigenvalue weighted by atomic mass is 9.85. The summed E-state index contributed by atoms with van der Waals surface area (Å²) in [6.45, 7) is 4.64. The van der Waals surface area contributed by atoms with E-state index in [0.29, 0.717) is 5.92 Å². The Morgan fingerprint density at radius 2 is 1.86 bits per heavy atom. The Balaban J connectivity index is 0.00000190. The van der Waals surface area contributed by atoms with E-state index in [-0.39, 0.29) is 43.4 Å². The molecule has 1 saturated heterocycles. The number of nitrogens with zero attached hydrogens (tertiary/aromatic N) is 2. The van der Waals surface area contributed by atoms with Gasteiger partial charge in [0, 0.05) is 43.5 Å². The summed E-state index contributed by atoms with van der Waals surface area (Å²) in [4.78, 5) is 17.9. The van der Waals surface area contributed by atoms with Crippen molar-refractivity contribution in [2.75, 3.05) is 57.3 Å². The smallest absolute Gasteiger partial charge is 0.231 e. The van der Waals surface area contributed by atoms with Crippen LogP contribution in [0.4, 0.5) is 11.4 Å². The fraction of sp³-hybridized carbons (Fsp3) is 0.536. The van der Waals surface area contributed by atoms with E-state index in [4.69, 9.17) is 14.2 Å². The summed E-state index contributed by atoms with van der Waals surface area (Å²) in [5.74, 6) is 3.20. The lowest BCUT2D eigenvalue weighted by molar-refractivity contribution is -0.120. The number of ether oxygens (including phenoxy) is 3. The van der Waals surface area contributed by atoms with Gasteiger partial charge >= 0.3 is 0 Å². The van der Waals surface area contributed by atoms with E-state index < -0.39 is 0 Å². The molecule has 1 fully saturated rings. The van der Waals surface area contributed by atoms with Crippen molar-refractivity contribution in [2.24, 2.45) is 11.8 Å². The number of aryl methyl sites for hydroxylation is 1. The molecule has 3 aliphatic heterocycles. The molecular weight excluding hydrogens is 513 g/mol. The van der Waals surface area contributed by atoms with Crippen molar-refractivity contribution >= 4 is 42.1 Å². The quantitative estimate of drug-likeness (QED) is 0.474. The highest BCUT2D eigenvalue weighted by atomic mass is 35.5. The van der Waals surface area contributed by atoms with E-state index in [1.165, 1.54) is 18.5 Å². The van der Waals surface area contributed by atoms with Crippen molar-refractivity contribution in [3.8, 4) is 17.2 Å². The Morgan fingerprint density at radius 1 is 1.11 bits per heavy atom. The molecule has 2 aromatic carbocycles. The molecule has 9 heteroatoms. The molecule has 7 nitrogen and oxygen atoms in total. The van der Waals surface area contributed by atoms with E-state index in [2.05, 4.69) is 34.3 Å². The molecule has 37 heavy (non-hydrogen) atoms. The molecule has 0 aliphatic carbocycles. The monoisotopic (exact) mass is 551 g/mol. The molecule has 0 bridgehead atoms. The zero-order chi connectivity index (χ0) is 24.2. The van der Waals surface area contributed by atoms with E-state index in [1.54, 1.807) is 7.11 Å². The van der Waals surface area contributed by atoms with Crippen molar-refractivity contribution in [2.45, 2.75) is 38.5 Å². The molecule has 1 N–H and O–H groups in total. The number of hydrogen-bond donors (Lipinski definition) is 1. The predicted octanol–water partition coefficient (Wildman–Crippen LogP) is 5.40. The van der Waals surface area contributed by atoms with E-state index in [1.807, 2.05) is 24.3 Å². The van der Waals surface area contributed by atoms with Gasteiger partial charge in [0.25, 0.3) is 0 Å². The van der Waals surface area contributed by atoms with Crippen LogP contribution >= 0.6 is 24.8 Å². The molecule has 1 amide bonds. The molecule has 2 aromatic rings. The van der Waals surface area contributed by atoms with Crippen molar-refractivity contribution in [1.82, 2.24) is 4.90 Å². The molecule has 0 aromatic heterocycles. The molecule has 0 saturated carbocycles. The van der Waals surface area contributed by atoms with Crippen molar-refractivity contribution in [1.29, 1.82) is 0 Å². The maximum atomic E-state index is 13.0. The third-order valence-corrected chi connectivity index (χ3v) is 7.69. The van der Waals surface area contributed by atoms with Crippen LogP contribution in [-0.4, -0.2) is 57.9 Å². The highest BCUT2D eigenvalue weighted by molar-refractivity contribution is 5.94. The van der Waals surface area contributed by atoms with Gasteiger partial charge in [0.15, 0.2) is 11.5 Å². The van der Waals surface area contributed by atoms with Gasteiger partial charge in [-0.2, -0.15) is 0 Å². The summed E-state index contributed by atoms with van der Waals surface area (Å²) in [5.41, 5.74) is 3.25. The highest BCUT2D eigenvalue weighted by Crippen LogP contribution is 2.40. The van der Waals surface area contributed by atoms with Gasteiger partial charge in [0.1, 0.15) is 5.75 Å². The summed E-state index contributed by atoms with van der Waals surface area (Å²) < 4.78 is 16.3. The summed E-state index contributed by atoms with van der Waals surface area (Å²) in [6.07, 6.45) is 6.31. The molecule has 2 unspecified atom stereocenters. The maximum Gasteiger partial charge on any atom is 0.231 e. The molecule has 3 aliphatic rings. The summed E-state index contributed by atoms with van der Waals surface area (Å²) in [7, 11) is 3.85. The minimum absolute atomic E-state index is 0. The number of anilines is 2. The number of nitrogens with one attached hydrogen (secondary N) is 1. The van der Waals surface area contributed by atoms with Crippen molar-refractivity contribution < 1.29 is 19.0 Å². The zero-order valence-corrected chi connectivity index (χ0v) is 23.4. The van der Waals surface area contributed by atoms with Crippen molar-refractivity contribution in [3.05, 3.63) is 42.0 Å². The standard InChI is InChI=1S/C28H37N3O4.2ClH/c1-30(23-8-10-24(33-2)11-9-23)12-4-14-31-13-3-5-20(18-31)15-22-7-6-21-16-26-27(35-19-34-26)17-25(21)29-28(22)32;;/h8-11,16-17,20,22H,3-7,12-15,18-19H2,1-2H3,(H,29,32);2*1H. The average Bonchev–Trinajstić information content (AvgIpc) is 3.27. The highest BCUT2D eigenvalue weighted by Gasteiger charge is 2.30. The second kappa shape index (κ2) is 13.4. The van der Waals surface area contributed by atoms with Gasteiger partial charge in [-0.15, -0.1) is 24.8 Å². The summed E-state index contributed by atoms with van der Waals surface area (Å²) >= 11 is 0. The fourth-order valence-corrected chi connectivity index (χ4v) is 5.67. The predicted molar refractivity (Wildman–Crippen MR) is 152 cm³/mol. The van der Waals surface area contributed by atoms with Crippen LogP contribution in [0.25, 0.3) is 0 Å². The summed E-state index contributed by atoms with van der Waals surface area (Å²) in [6, 6.07) is 12.2. The van der Waals surface area contributed by atoms with Gasteiger partial charge < -0.3 is 29.3 Å². The van der Waals surface area contributed by atoms with Crippen LogP contribution in [0.1, 0.15) is 37.7 Å². The largest absolute Gasteiger partial charge is 0.497 e. The van der Waals surface area contributed by atoms with Gasteiger partial charge in [-0.05, 0) is 93.4 Å². The topological polar surface area (TPSA) is 63.3 Å². The maximum absolute atomic E-state index is 13.0. The van der Waals surface area contributed by atoms with Crippen LogP contribution < -0.4 is 24.4 Å². The van der Waals surface area contributed by atoms with Crippen LogP contribution in [0.2, 0.25) is 0 Å². The normalized spacial score (nSPS) is 20.5. The van der Waals surface area contributed by atoms with Gasteiger partial charge in [-0.25, -0.2) is 0 Å². The van der Waals surface area contributed by atoms with Crippen LogP contribution in [-0.2, 0) is 11.2 Å². The van der Waals surface area contributed by atoms with Crippen LogP contribution in [0.5, 0.6) is 17.2 Å². The molecule has 3 heterocycles. The van der Waals surface area contributed by atoms with Gasteiger partial charge in [0.2, 0.25) is 12.7 Å². The van der Waals surface area contributed by atoms with Crippen LogP contribution in [0.3, 0.4) is 0 Å². The Kier molecular flexibility index (Phi) is 10.6. The SMILES string of the molecule is COc1ccc(N(C)CCCN2CCCC(CC3CCc4cc5c(cc4NC3=O)OCO5)C2)cc1.Cl.Cl. The number of carbonyl (C=O) groups is 1. The first-order valence-electron chi connectivity index (χ1n) is 12.9. The van der Waals surface area contributed by atoms with Crippen molar-refractivity contribution in [3.63, 3.8) is 0 Å². The first kappa shape index (κ1) is 29.2. The Morgan fingerprint density at radius 3 is 2.62 bits per heavy atom. The third kappa shape index (κ3) is 7.15. The van der Waals surface area contributed by atoms with Crippen LogP contribution in [0, 0.1) is 11.8 Å². The minimum Gasteiger partial charge on any atom is -0.497 e. The third-order valence-electron chi connectivity index (χ3n) is 7.69. The molecule has 0 radical (unpaired) electrons. The van der Waals surface area contributed by atoms with Crippen LogP contribution in [0.15, 0.2) is 36.4 Å². The Hall–Kier alpha value is -2.35. The molecule has 2 atom stereocenters. The van der Waals surface area contributed by atoms with Gasteiger partial charge in [-0.3, -0.25) is 4.79 Å². The lowest BCUT2D eigenvalue weighted by Crippen LogP contribution is -2.38. The fourth-order valence-electron chi connectivity index (χ4n) is 5.67. The number of carbonyl (C=O) groups excluding carboxylic acids is 1. The van der Waals surface area contributed by atoms with E-state index >= 15 is 0 Å². The number of rotatable bonds is 8. The number of likely N-dealkylation sites (tertiary alicyclic amines) is 1. The molecule has 204 valence electrons. The zero-order valence-electron chi connectivity index (χ0n) is 21.7. The number of halogens is 2. The number of hydrogen-bond acceptors (Lipinski definition) is 6. The number of amides is 1. The molecule has 5 rings (SSSR count). The van der Waals surface area contributed by atoms with Gasteiger partial charge in [-0.1, -0.05) is 0 Å². The molecular formula is C28H39Cl2N3O4. The first-order valence-corrected chi connectivity index (χ1v) is 12.9. The number of piperidine rings is 1. The molecule has 0 spiro atoms. The van der Waals surface area contributed by atoms with E-state index in [0.717, 1.165) is 80.4 Å². The average molecular weight is 553 g/mol. The number of benzene rings is 2. The number of methoxy groups -OCH3 is 1. The summed E-state index contributed by atoms with van der Waals surface area (Å²) in [5, 5.41) is 3.17. The van der Waals surface area contributed by atoms with E-state index in [9.17, 15) is 4.79 Å². The minimum atomic E-state index is 0.